The molecule has 1 aliphatic rings. The molecule has 2 aromatic carbocycles. The van der Waals surface area contributed by atoms with E-state index in [2.05, 4.69) is 20.9 Å². The maximum absolute atomic E-state index is 14.2. The van der Waals surface area contributed by atoms with Gasteiger partial charge in [-0.3, -0.25) is 19.4 Å². The average molecular weight is 590 g/mol. The number of hydrogen-bond donors (Lipinski definition) is 3. The Morgan fingerprint density at radius 2 is 1.68 bits per heavy atom. The third-order valence-electron chi connectivity index (χ3n) is 6.19. The normalized spacial score (nSPS) is 14.7. The van der Waals surface area contributed by atoms with E-state index < -0.39 is 59.2 Å². The van der Waals surface area contributed by atoms with Crippen LogP contribution in [0.2, 0.25) is 5.02 Å². The number of anilines is 2. The van der Waals surface area contributed by atoms with Gasteiger partial charge in [-0.15, -0.1) is 0 Å². The molecule has 3 N–H and O–H groups in total. The topological polar surface area (TPSA) is 105 Å². The van der Waals surface area contributed by atoms with E-state index in [1.807, 2.05) is 0 Å². The highest BCUT2D eigenvalue weighted by Gasteiger charge is 2.36. The minimum absolute atomic E-state index is 0.0476. The summed E-state index contributed by atoms with van der Waals surface area (Å²) >= 11 is 6.30. The number of aromatic nitrogens is 2. The Hall–Kier alpha value is -4.78. The molecule has 0 fully saturated rings. The molecule has 5 rings (SSSR count). The number of carbonyl (C=O) groups excluding carboxylic acids is 3. The average Bonchev–Trinajstić information content (AvgIpc) is 3.27. The first kappa shape index (κ1) is 27.8. The van der Waals surface area contributed by atoms with Gasteiger partial charge < -0.3 is 20.5 Å². The van der Waals surface area contributed by atoms with Crippen molar-refractivity contribution >= 4 is 40.7 Å². The van der Waals surface area contributed by atoms with Crippen LogP contribution in [0.3, 0.4) is 0 Å². The van der Waals surface area contributed by atoms with Crippen LogP contribution < -0.4 is 16.0 Å². The highest BCUT2D eigenvalue weighted by Crippen LogP contribution is 2.38. The molecule has 1 aliphatic heterocycles. The van der Waals surface area contributed by atoms with Crippen molar-refractivity contribution in [2.75, 3.05) is 10.6 Å². The Balaban J connectivity index is 1.62. The Kier molecular flexibility index (Phi) is 7.22. The van der Waals surface area contributed by atoms with Crippen molar-refractivity contribution in [2.45, 2.75) is 18.8 Å². The third kappa shape index (κ3) is 5.75. The molecule has 3 amide bonds. The molecule has 0 spiro atoms. The molecule has 0 bridgehead atoms. The molecule has 14 heteroatoms. The number of pyridine rings is 1. The lowest BCUT2D eigenvalue weighted by Gasteiger charge is -2.29. The molecule has 0 saturated heterocycles. The summed E-state index contributed by atoms with van der Waals surface area (Å²) < 4.78 is 69.2. The van der Waals surface area contributed by atoms with Crippen molar-refractivity contribution < 1.29 is 36.3 Å². The summed E-state index contributed by atoms with van der Waals surface area (Å²) in [5, 5.41) is 7.72. The molecule has 3 heterocycles. The van der Waals surface area contributed by atoms with Crippen LogP contribution >= 0.6 is 11.6 Å². The molecule has 0 radical (unpaired) electrons. The van der Waals surface area contributed by atoms with Gasteiger partial charge in [0, 0.05) is 34.2 Å². The van der Waals surface area contributed by atoms with Gasteiger partial charge in [-0.2, -0.15) is 13.2 Å². The van der Waals surface area contributed by atoms with Gasteiger partial charge in [0.2, 0.25) is 5.91 Å². The number of benzene rings is 2. The standard InChI is InChI=1S/C27H17ClF5N5O3/c28-19-2-1-15(29)10-18(19)23-24-20(36-25(40)13-7-14(27(31,32)33)9-16(30)8-13)11-21(38(24)12-22(39)37-23)26(41)35-17-3-5-34-6-4-17/h1-11,23H,12H2,(H,36,40)(H,37,39)(H,34,35,41). The molecule has 41 heavy (non-hydrogen) atoms. The van der Waals surface area contributed by atoms with Gasteiger partial charge in [-0.1, -0.05) is 11.6 Å². The summed E-state index contributed by atoms with van der Waals surface area (Å²) in [6.45, 7) is -0.397. The first-order valence-electron chi connectivity index (χ1n) is 11.8. The third-order valence-corrected chi connectivity index (χ3v) is 6.54. The molecule has 4 aromatic rings. The van der Waals surface area contributed by atoms with Crippen molar-refractivity contribution in [1.82, 2.24) is 14.9 Å². The summed E-state index contributed by atoms with van der Waals surface area (Å²) in [6, 6.07) is 7.76. The van der Waals surface area contributed by atoms with Crippen LogP contribution in [0.5, 0.6) is 0 Å². The lowest BCUT2D eigenvalue weighted by Crippen LogP contribution is -2.40. The zero-order valence-corrected chi connectivity index (χ0v) is 21.3. The van der Waals surface area contributed by atoms with Crippen molar-refractivity contribution in [1.29, 1.82) is 0 Å². The fourth-order valence-electron chi connectivity index (χ4n) is 4.42. The number of halogens is 6. The first-order chi connectivity index (χ1) is 19.4. The van der Waals surface area contributed by atoms with Gasteiger partial charge in [-0.05, 0) is 54.6 Å². The summed E-state index contributed by atoms with van der Waals surface area (Å²) in [5.74, 6) is -4.40. The highest BCUT2D eigenvalue weighted by atomic mass is 35.5. The van der Waals surface area contributed by atoms with E-state index in [4.69, 9.17) is 11.6 Å². The molecular formula is C27H17ClF5N5O3. The molecule has 0 saturated carbocycles. The van der Waals surface area contributed by atoms with Crippen molar-refractivity contribution in [2.24, 2.45) is 0 Å². The zero-order valence-electron chi connectivity index (χ0n) is 20.5. The molecular weight excluding hydrogens is 573 g/mol. The minimum Gasteiger partial charge on any atom is -0.342 e. The number of alkyl halides is 3. The van der Waals surface area contributed by atoms with Crippen LogP contribution in [0.15, 0.2) is 67.0 Å². The fraction of sp³-hybridized carbons (Fsp3) is 0.111. The molecule has 0 aliphatic carbocycles. The van der Waals surface area contributed by atoms with E-state index >= 15 is 0 Å². The summed E-state index contributed by atoms with van der Waals surface area (Å²) in [7, 11) is 0. The number of nitrogens with one attached hydrogen (secondary N) is 3. The lowest BCUT2D eigenvalue weighted by molar-refractivity contribution is -0.137. The van der Waals surface area contributed by atoms with E-state index in [-0.39, 0.29) is 33.7 Å². The maximum Gasteiger partial charge on any atom is 0.416 e. The van der Waals surface area contributed by atoms with E-state index in [0.717, 1.165) is 12.1 Å². The smallest absolute Gasteiger partial charge is 0.342 e. The molecule has 1 atom stereocenters. The number of nitrogens with zero attached hydrogens (tertiary/aromatic N) is 2. The predicted molar refractivity (Wildman–Crippen MR) is 137 cm³/mol. The minimum atomic E-state index is -4.92. The summed E-state index contributed by atoms with van der Waals surface area (Å²) in [5.41, 5.74) is -1.74. The van der Waals surface area contributed by atoms with Crippen molar-refractivity contribution in [3.05, 3.63) is 112 Å². The fourth-order valence-corrected chi connectivity index (χ4v) is 4.65. The number of fused-ring (bicyclic) bond motifs is 1. The van der Waals surface area contributed by atoms with Gasteiger partial charge in [0.05, 0.1) is 23.0 Å². The molecule has 210 valence electrons. The van der Waals surface area contributed by atoms with Gasteiger partial charge in [0.25, 0.3) is 11.8 Å². The quantitative estimate of drug-likeness (QED) is 0.265. The highest BCUT2D eigenvalue weighted by molar-refractivity contribution is 6.31. The SMILES string of the molecule is O=C1Cn2c(C(=O)Nc3ccncc3)cc(NC(=O)c3cc(F)cc(C(F)(F)F)c3)c2C(c2cc(F)ccc2Cl)N1. The molecule has 2 aromatic heterocycles. The van der Waals surface area contributed by atoms with Gasteiger partial charge in [0.15, 0.2) is 0 Å². The molecule has 8 nitrogen and oxygen atoms in total. The Labute approximate surface area is 233 Å². The second kappa shape index (κ2) is 10.7. The van der Waals surface area contributed by atoms with Gasteiger partial charge >= 0.3 is 6.18 Å². The zero-order chi connectivity index (χ0) is 29.5. The summed E-state index contributed by atoms with van der Waals surface area (Å²) in [4.78, 5) is 42.9. The number of hydrogen-bond acceptors (Lipinski definition) is 4. The predicted octanol–water partition coefficient (Wildman–Crippen LogP) is 5.56. The maximum atomic E-state index is 14.2. The van der Waals surface area contributed by atoms with E-state index in [9.17, 15) is 36.3 Å². The second-order valence-corrected chi connectivity index (χ2v) is 9.36. The van der Waals surface area contributed by atoms with Crippen LogP contribution in [0, 0.1) is 11.6 Å². The molecule has 1 unspecified atom stereocenters. The second-order valence-electron chi connectivity index (χ2n) is 8.95. The van der Waals surface area contributed by atoms with E-state index in [0.29, 0.717) is 17.8 Å². The Bertz CT molecular complexity index is 1690. The van der Waals surface area contributed by atoms with Crippen molar-refractivity contribution in [3.63, 3.8) is 0 Å². The lowest BCUT2D eigenvalue weighted by atomic mass is 10.0. The van der Waals surface area contributed by atoms with Crippen LogP contribution in [0.1, 0.15) is 43.7 Å². The van der Waals surface area contributed by atoms with Crippen LogP contribution in [0.4, 0.5) is 33.3 Å². The number of carbonyl (C=O) groups is 3. The van der Waals surface area contributed by atoms with Crippen LogP contribution in [-0.2, 0) is 17.5 Å². The van der Waals surface area contributed by atoms with Gasteiger partial charge in [0.1, 0.15) is 23.9 Å². The monoisotopic (exact) mass is 589 g/mol. The number of amides is 3. The van der Waals surface area contributed by atoms with E-state index in [1.165, 1.54) is 41.2 Å². The van der Waals surface area contributed by atoms with E-state index in [1.54, 1.807) is 0 Å². The first-order valence-corrected chi connectivity index (χ1v) is 12.2. The van der Waals surface area contributed by atoms with Crippen LogP contribution in [0.25, 0.3) is 0 Å². The largest absolute Gasteiger partial charge is 0.416 e. The summed E-state index contributed by atoms with van der Waals surface area (Å²) in [6.07, 6.45) is -2.06. The Morgan fingerprint density at radius 3 is 2.39 bits per heavy atom. The van der Waals surface area contributed by atoms with Crippen molar-refractivity contribution in [3.8, 4) is 0 Å². The van der Waals surface area contributed by atoms with Gasteiger partial charge in [-0.25, -0.2) is 8.78 Å². The number of rotatable bonds is 5. The van der Waals surface area contributed by atoms with Crippen LogP contribution in [-0.4, -0.2) is 27.3 Å². The Morgan fingerprint density at radius 1 is 0.951 bits per heavy atom.